The molecule has 0 spiro atoms. The van der Waals surface area contributed by atoms with Crippen LogP contribution in [0.1, 0.15) is 37.0 Å². The molecule has 1 fully saturated rings. The fourth-order valence-corrected chi connectivity index (χ4v) is 3.27. The van der Waals surface area contributed by atoms with Gasteiger partial charge in [0.2, 0.25) is 0 Å². The van der Waals surface area contributed by atoms with E-state index in [0.29, 0.717) is 61.4 Å². The molecule has 0 bridgehead atoms. The van der Waals surface area contributed by atoms with Crippen LogP contribution in [0, 0.1) is 0 Å². The first-order valence-corrected chi connectivity index (χ1v) is 10.3. The lowest BCUT2D eigenvalue weighted by molar-refractivity contribution is -0.143. The predicted octanol–water partition coefficient (Wildman–Crippen LogP) is 2.09. The number of benzene rings is 1. The average Bonchev–Trinajstić information content (AvgIpc) is 2.69. The summed E-state index contributed by atoms with van der Waals surface area (Å²) in [4.78, 5) is 26.3. The summed E-state index contributed by atoms with van der Waals surface area (Å²) in [6.45, 7) is 7.66. The van der Waals surface area contributed by atoms with Gasteiger partial charge >= 0.3 is 5.97 Å². The van der Waals surface area contributed by atoms with Gasteiger partial charge in [0.15, 0.2) is 0 Å². The number of nitrogens with two attached hydrogens (primary N) is 1. The first kappa shape index (κ1) is 23.3. The van der Waals surface area contributed by atoms with Crippen molar-refractivity contribution in [3.8, 4) is 5.75 Å². The lowest BCUT2D eigenvalue weighted by Gasteiger charge is -2.33. The number of ether oxygens (including phenoxy) is 3. The van der Waals surface area contributed by atoms with Crippen molar-refractivity contribution in [3.05, 3.63) is 22.7 Å². The van der Waals surface area contributed by atoms with Gasteiger partial charge in [-0.2, -0.15) is 0 Å². The van der Waals surface area contributed by atoms with Gasteiger partial charge in [-0.05, 0) is 32.9 Å². The zero-order valence-corrected chi connectivity index (χ0v) is 17.8. The monoisotopic (exact) mass is 427 g/mol. The number of carbonyl (C=O) groups excluding carboxylic acids is 2. The molecule has 1 aromatic carbocycles. The quantitative estimate of drug-likeness (QED) is 0.435. The highest BCUT2D eigenvalue weighted by atomic mass is 35.5. The Balaban J connectivity index is 1.84. The van der Waals surface area contributed by atoms with E-state index in [2.05, 4.69) is 10.2 Å². The number of hydrogen-bond acceptors (Lipinski definition) is 7. The van der Waals surface area contributed by atoms with E-state index >= 15 is 0 Å². The van der Waals surface area contributed by atoms with Crippen LogP contribution in [-0.4, -0.2) is 68.9 Å². The Kier molecular flexibility index (Phi) is 9.50. The minimum absolute atomic E-state index is 0.130. The molecule has 1 amide bonds. The van der Waals surface area contributed by atoms with Crippen LogP contribution in [0.25, 0.3) is 0 Å². The van der Waals surface area contributed by atoms with Crippen LogP contribution < -0.4 is 15.8 Å². The Hall–Kier alpha value is -2.03. The number of morpholine rings is 1. The highest BCUT2D eigenvalue weighted by Crippen LogP contribution is 2.29. The van der Waals surface area contributed by atoms with Crippen LogP contribution in [0.2, 0.25) is 5.02 Å². The van der Waals surface area contributed by atoms with Crippen LogP contribution in [0.15, 0.2) is 12.1 Å². The van der Waals surface area contributed by atoms with Gasteiger partial charge in [0.25, 0.3) is 5.91 Å². The van der Waals surface area contributed by atoms with E-state index in [1.54, 1.807) is 13.0 Å². The second-order valence-electron chi connectivity index (χ2n) is 6.71. The molecule has 0 unspecified atom stereocenters. The molecule has 1 saturated heterocycles. The van der Waals surface area contributed by atoms with Gasteiger partial charge in [-0.15, -0.1) is 0 Å². The van der Waals surface area contributed by atoms with E-state index in [4.69, 9.17) is 31.5 Å². The normalized spacial score (nSPS) is 17.0. The van der Waals surface area contributed by atoms with Crippen molar-refractivity contribution in [2.75, 3.05) is 51.7 Å². The maximum absolute atomic E-state index is 12.6. The smallest absolute Gasteiger partial charge is 0.305 e. The molecule has 162 valence electrons. The zero-order valence-electron chi connectivity index (χ0n) is 17.0. The van der Waals surface area contributed by atoms with Crippen molar-refractivity contribution < 1.29 is 23.8 Å². The first-order valence-electron chi connectivity index (χ1n) is 9.94. The maximum Gasteiger partial charge on any atom is 0.305 e. The third-order valence-corrected chi connectivity index (χ3v) is 4.84. The minimum Gasteiger partial charge on any atom is -0.493 e. The summed E-state index contributed by atoms with van der Waals surface area (Å²) in [6, 6.07) is 3.07. The molecule has 0 radical (unpaired) electrons. The molecule has 1 heterocycles. The van der Waals surface area contributed by atoms with Crippen molar-refractivity contribution in [1.82, 2.24) is 10.2 Å². The van der Waals surface area contributed by atoms with E-state index in [1.807, 2.05) is 6.92 Å². The number of nitrogens with one attached hydrogen (secondary N) is 1. The molecule has 1 aliphatic heterocycles. The number of esters is 1. The van der Waals surface area contributed by atoms with Crippen molar-refractivity contribution in [2.24, 2.45) is 0 Å². The van der Waals surface area contributed by atoms with E-state index in [0.717, 1.165) is 19.5 Å². The van der Waals surface area contributed by atoms with Crippen LogP contribution in [0.5, 0.6) is 5.75 Å². The summed E-state index contributed by atoms with van der Waals surface area (Å²) in [5.74, 6) is -0.0627. The molecule has 9 heteroatoms. The summed E-state index contributed by atoms with van der Waals surface area (Å²) in [6.07, 6.45) is 1.01. The van der Waals surface area contributed by atoms with E-state index in [1.165, 1.54) is 6.07 Å². The molecule has 0 aliphatic carbocycles. The second kappa shape index (κ2) is 11.8. The summed E-state index contributed by atoms with van der Waals surface area (Å²) >= 11 is 6.06. The third-order valence-electron chi connectivity index (χ3n) is 4.52. The van der Waals surface area contributed by atoms with Gasteiger partial charge < -0.3 is 25.3 Å². The molecular weight excluding hydrogens is 398 g/mol. The molecule has 29 heavy (non-hydrogen) atoms. The number of halogens is 1. The molecular formula is C20H30ClN3O5. The summed E-state index contributed by atoms with van der Waals surface area (Å²) in [5, 5.41) is 3.19. The summed E-state index contributed by atoms with van der Waals surface area (Å²) < 4.78 is 16.2. The maximum atomic E-state index is 12.6. The van der Waals surface area contributed by atoms with Gasteiger partial charge in [-0.1, -0.05) is 11.6 Å². The number of nitrogen functional groups attached to an aromatic ring is 1. The standard InChI is InChI=1S/C20H30ClN3O5/c1-3-27-18-11-17(22)16(21)10-15(18)20(26)23-12-14-13-24(8-9-29-14)7-5-6-19(25)28-4-2/h10-11,14H,3-9,12-13,22H2,1-2H3,(H,23,26)/t14-/m1/s1. The Morgan fingerprint density at radius 2 is 2.14 bits per heavy atom. The molecule has 0 saturated carbocycles. The van der Waals surface area contributed by atoms with Crippen LogP contribution in [0.3, 0.4) is 0 Å². The number of hydrogen-bond donors (Lipinski definition) is 2. The highest BCUT2D eigenvalue weighted by molar-refractivity contribution is 6.33. The van der Waals surface area contributed by atoms with Gasteiger partial charge in [-0.3, -0.25) is 14.5 Å². The topological polar surface area (TPSA) is 103 Å². The Labute approximate surface area is 176 Å². The molecule has 3 N–H and O–H groups in total. The second-order valence-corrected chi connectivity index (χ2v) is 7.12. The number of anilines is 1. The SMILES string of the molecule is CCOC(=O)CCCN1CCO[C@H](CNC(=O)c2cc(Cl)c(N)cc2OCC)C1. The van der Waals surface area contributed by atoms with Crippen LogP contribution >= 0.6 is 11.6 Å². The van der Waals surface area contributed by atoms with Crippen LogP contribution in [0.4, 0.5) is 5.69 Å². The molecule has 1 aliphatic rings. The first-order chi connectivity index (χ1) is 13.9. The van der Waals surface area contributed by atoms with Crippen molar-refractivity contribution in [1.29, 1.82) is 0 Å². The van der Waals surface area contributed by atoms with Crippen molar-refractivity contribution in [2.45, 2.75) is 32.8 Å². The lowest BCUT2D eigenvalue weighted by Crippen LogP contribution is -2.47. The largest absolute Gasteiger partial charge is 0.493 e. The molecule has 8 nitrogen and oxygen atoms in total. The summed E-state index contributed by atoms with van der Waals surface area (Å²) in [5.41, 5.74) is 6.51. The average molecular weight is 428 g/mol. The molecule has 2 rings (SSSR count). The molecule has 1 aromatic rings. The van der Waals surface area contributed by atoms with E-state index in [-0.39, 0.29) is 18.0 Å². The number of rotatable bonds is 10. The highest BCUT2D eigenvalue weighted by Gasteiger charge is 2.22. The van der Waals surface area contributed by atoms with Gasteiger partial charge in [0, 0.05) is 32.1 Å². The Morgan fingerprint density at radius 3 is 2.86 bits per heavy atom. The lowest BCUT2D eigenvalue weighted by atomic mass is 10.1. The molecule has 1 atom stereocenters. The number of carbonyl (C=O) groups is 2. The minimum atomic E-state index is -0.293. The number of nitrogens with zero attached hydrogens (tertiary/aromatic N) is 1. The fourth-order valence-electron chi connectivity index (χ4n) is 3.11. The summed E-state index contributed by atoms with van der Waals surface area (Å²) in [7, 11) is 0. The van der Waals surface area contributed by atoms with Gasteiger partial charge in [0.05, 0.1) is 42.2 Å². The number of amides is 1. The fraction of sp³-hybridized carbons (Fsp3) is 0.600. The van der Waals surface area contributed by atoms with Crippen LogP contribution in [-0.2, 0) is 14.3 Å². The van der Waals surface area contributed by atoms with E-state index in [9.17, 15) is 9.59 Å². The molecule has 0 aromatic heterocycles. The van der Waals surface area contributed by atoms with Crippen molar-refractivity contribution >= 4 is 29.2 Å². The Morgan fingerprint density at radius 1 is 1.34 bits per heavy atom. The van der Waals surface area contributed by atoms with Crippen molar-refractivity contribution in [3.63, 3.8) is 0 Å². The van der Waals surface area contributed by atoms with Gasteiger partial charge in [-0.25, -0.2) is 0 Å². The Bertz CT molecular complexity index is 701. The third kappa shape index (κ3) is 7.38. The predicted molar refractivity (Wildman–Crippen MR) is 111 cm³/mol. The van der Waals surface area contributed by atoms with Gasteiger partial charge in [0.1, 0.15) is 5.75 Å². The van der Waals surface area contributed by atoms with E-state index < -0.39 is 0 Å². The zero-order chi connectivity index (χ0) is 21.2.